The molecule has 23 heavy (non-hydrogen) atoms. The van der Waals surface area contributed by atoms with E-state index in [0.29, 0.717) is 11.6 Å². The number of hydrogen-bond acceptors (Lipinski definition) is 4. The second-order valence-electron chi connectivity index (χ2n) is 6.09. The summed E-state index contributed by atoms with van der Waals surface area (Å²) in [7, 11) is 1.65. The van der Waals surface area contributed by atoms with Crippen molar-refractivity contribution in [1.29, 1.82) is 0 Å². The highest BCUT2D eigenvalue weighted by Gasteiger charge is 2.28. The van der Waals surface area contributed by atoms with Crippen LogP contribution in [0.1, 0.15) is 45.3 Å². The van der Waals surface area contributed by atoms with E-state index in [9.17, 15) is 4.79 Å². The molecule has 5 nitrogen and oxygen atoms in total. The van der Waals surface area contributed by atoms with Crippen molar-refractivity contribution < 1.29 is 4.79 Å². The fraction of sp³-hybridized carbons (Fsp3) is 0.353. The number of nitrogens with zero attached hydrogens (tertiary/aromatic N) is 3. The summed E-state index contributed by atoms with van der Waals surface area (Å²) in [5, 5.41) is 9.02. The summed E-state index contributed by atoms with van der Waals surface area (Å²) in [6.07, 6.45) is 4.28. The van der Waals surface area contributed by atoms with Gasteiger partial charge in [0.2, 0.25) is 5.13 Å². The topological polar surface area (TPSA) is 59.8 Å². The molecule has 2 heterocycles. The van der Waals surface area contributed by atoms with Gasteiger partial charge in [-0.25, -0.2) is 4.98 Å². The summed E-state index contributed by atoms with van der Waals surface area (Å²) >= 11 is 1.53. The van der Waals surface area contributed by atoms with E-state index < -0.39 is 0 Å². The van der Waals surface area contributed by atoms with E-state index in [1.165, 1.54) is 35.3 Å². The zero-order valence-corrected chi connectivity index (χ0v) is 14.2. The van der Waals surface area contributed by atoms with Crippen molar-refractivity contribution in [3.05, 3.63) is 40.0 Å². The van der Waals surface area contributed by atoms with Gasteiger partial charge in [0.25, 0.3) is 5.91 Å². The predicted octanol–water partition coefficient (Wildman–Crippen LogP) is 3.34. The molecule has 1 amide bonds. The molecule has 0 saturated heterocycles. The van der Waals surface area contributed by atoms with Crippen LogP contribution in [0.2, 0.25) is 0 Å². The van der Waals surface area contributed by atoms with Gasteiger partial charge in [-0.1, -0.05) is 0 Å². The van der Waals surface area contributed by atoms with Crippen LogP contribution in [0, 0.1) is 13.8 Å². The van der Waals surface area contributed by atoms with Gasteiger partial charge < -0.3 is 5.32 Å². The Kier molecular flexibility index (Phi) is 3.23. The molecule has 0 atom stereocenters. The molecule has 0 spiro atoms. The first-order chi connectivity index (χ1) is 11.1. The lowest BCUT2D eigenvalue weighted by atomic mass is 10.0. The number of aryl methyl sites for hydroxylation is 2. The van der Waals surface area contributed by atoms with Gasteiger partial charge in [-0.2, -0.15) is 9.78 Å². The van der Waals surface area contributed by atoms with Gasteiger partial charge in [0.05, 0.1) is 5.52 Å². The summed E-state index contributed by atoms with van der Waals surface area (Å²) < 4.78 is 1.68. The third kappa shape index (κ3) is 2.34. The molecule has 0 unspecified atom stereocenters. The van der Waals surface area contributed by atoms with Gasteiger partial charge in [-0.3, -0.25) is 4.79 Å². The van der Waals surface area contributed by atoms with E-state index in [-0.39, 0.29) is 5.91 Å². The maximum atomic E-state index is 12.5. The Balaban J connectivity index is 2.00. The molecule has 1 aromatic carbocycles. The maximum Gasteiger partial charge on any atom is 0.270 e. The molecule has 2 aromatic heterocycles. The Morgan fingerprint density at radius 3 is 2.74 bits per heavy atom. The first-order valence-corrected chi connectivity index (χ1v) is 8.58. The average Bonchev–Trinajstić information content (AvgIpc) is 3.18. The summed E-state index contributed by atoms with van der Waals surface area (Å²) in [4.78, 5) is 18.0. The summed E-state index contributed by atoms with van der Waals surface area (Å²) in [6.45, 7) is 4.12. The number of thiazole rings is 1. The molecular weight excluding hydrogens is 308 g/mol. The predicted molar refractivity (Wildman–Crippen MR) is 91.6 cm³/mol. The molecule has 118 valence electrons. The van der Waals surface area contributed by atoms with E-state index in [1.54, 1.807) is 17.9 Å². The van der Waals surface area contributed by atoms with Crippen molar-refractivity contribution in [2.45, 2.75) is 32.6 Å². The van der Waals surface area contributed by atoms with Crippen molar-refractivity contribution in [3.63, 3.8) is 0 Å². The average molecular weight is 326 g/mol. The van der Waals surface area contributed by atoms with E-state index >= 15 is 0 Å². The van der Waals surface area contributed by atoms with Crippen LogP contribution in [-0.2, 0) is 0 Å². The molecule has 1 aliphatic rings. The molecule has 0 radical (unpaired) electrons. The summed E-state index contributed by atoms with van der Waals surface area (Å²) in [5.74, 6) is 0.508. The van der Waals surface area contributed by atoms with Crippen LogP contribution in [0.3, 0.4) is 0 Å². The molecular formula is C17H18N4OS. The molecule has 6 heteroatoms. The van der Waals surface area contributed by atoms with Crippen molar-refractivity contribution in [3.8, 4) is 5.13 Å². The lowest BCUT2D eigenvalue weighted by Gasteiger charge is -2.05. The minimum Gasteiger partial charge on any atom is -0.354 e. The van der Waals surface area contributed by atoms with Crippen LogP contribution in [0.5, 0.6) is 0 Å². The number of amides is 1. The zero-order valence-electron chi connectivity index (χ0n) is 13.4. The second-order valence-corrected chi connectivity index (χ2v) is 7.31. The highest BCUT2D eigenvalue weighted by atomic mass is 32.1. The molecule has 0 bridgehead atoms. The van der Waals surface area contributed by atoms with Gasteiger partial charge >= 0.3 is 0 Å². The molecule has 3 aromatic rings. The van der Waals surface area contributed by atoms with Gasteiger partial charge in [-0.05, 0) is 55.9 Å². The second kappa shape index (κ2) is 5.16. The number of carbonyl (C=O) groups is 1. The van der Waals surface area contributed by atoms with Gasteiger partial charge in [-0.15, -0.1) is 11.3 Å². The number of nitrogens with one attached hydrogen (secondary N) is 1. The van der Waals surface area contributed by atoms with E-state index in [1.807, 2.05) is 6.92 Å². The quantitative estimate of drug-likeness (QED) is 0.803. The van der Waals surface area contributed by atoms with Crippen LogP contribution >= 0.6 is 11.3 Å². The molecule has 1 fully saturated rings. The van der Waals surface area contributed by atoms with Crippen molar-refractivity contribution >= 4 is 28.1 Å². The van der Waals surface area contributed by atoms with Crippen molar-refractivity contribution in [2.24, 2.45) is 0 Å². The largest absolute Gasteiger partial charge is 0.354 e. The van der Waals surface area contributed by atoms with Crippen LogP contribution in [0.25, 0.3) is 16.0 Å². The Morgan fingerprint density at radius 1 is 1.35 bits per heavy atom. The standard InChI is InChI=1S/C17H18N4OS/c1-9-6-14-13(7-12(9)11-4-5-11)15(16(22)18-3)21(20-14)17-19-8-10(2)23-17/h6-8,11H,4-5H2,1-3H3,(H,18,22). The highest BCUT2D eigenvalue weighted by Crippen LogP contribution is 2.43. The van der Waals surface area contributed by atoms with Crippen LogP contribution in [0.4, 0.5) is 0 Å². The third-order valence-electron chi connectivity index (χ3n) is 4.31. The first-order valence-electron chi connectivity index (χ1n) is 7.76. The lowest BCUT2D eigenvalue weighted by molar-refractivity contribution is 0.0957. The van der Waals surface area contributed by atoms with Gasteiger partial charge in [0.15, 0.2) is 0 Å². The van der Waals surface area contributed by atoms with Crippen LogP contribution in [0.15, 0.2) is 18.3 Å². The maximum absolute atomic E-state index is 12.5. The fourth-order valence-corrected chi connectivity index (χ4v) is 3.72. The number of carbonyl (C=O) groups excluding carboxylic acids is 1. The molecule has 4 rings (SSSR count). The van der Waals surface area contributed by atoms with E-state index in [4.69, 9.17) is 0 Å². The highest BCUT2D eigenvalue weighted by molar-refractivity contribution is 7.14. The Hall–Kier alpha value is -2.21. The van der Waals surface area contributed by atoms with Gasteiger partial charge in [0, 0.05) is 23.5 Å². The number of aromatic nitrogens is 3. The lowest BCUT2D eigenvalue weighted by Crippen LogP contribution is -2.21. The van der Waals surface area contributed by atoms with E-state index in [0.717, 1.165) is 20.9 Å². The monoisotopic (exact) mass is 326 g/mol. The molecule has 1 saturated carbocycles. The number of hydrogen-bond donors (Lipinski definition) is 1. The Labute approximate surface area is 138 Å². The number of rotatable bonds is 3. The first kappa shape index (κ1) is 14.4. The fourth-order valence-electron chi connectivity index (χ4n) is 3.00. The van der Waals surface area contributed by atoms with Crippen LogP contribution in [-0.4, -0.2) is 27.7 Å². The SMILES string of the molecule is CNC(=O)c1c2cc(C3CC3)c(C)cc2nn1-c1ncc(C)s1. The number of benzene rings is 1. The van der Waals surface area contributed by atoms with Crippen LogP contribution < -0.4 is 5.32 Å². The molecule has 1 N–H and O–H groups in total. The minimum absolute atomic E-state index is 0.133. The zero-order chi connectivity index (χ0) is 16.1. The molecule has 1 aliphatic carbocycles. The minimum atomic E-state index is -0.133. The summed E-state index contributed by atoms with van der Waals surface area (Å²) in [5.41, 5.74) is 4.01. The Morgan fingerprint density at radius 2 is 2.13 bits per heavy atom. The van der Waals surface area contributed by atoms with Crippen molar-refractivity contribution in [2.75, 3.05) is 7.05 Å². The van der Waals surface area contributed by atoms with E-state index in [2.05, 4.69) is 34.5 Å². The summed E-state index contributed by atoms with van der Waals surface area (Å²) in [6, 6.07) is 4.24. The van der Waals surface area contributed by atoms with Crippen molar-refractivity contribution in [1.82, 2.24) is 20.1 Å². The Bertz CT molecular complexity index is 920. The van der Waals surface area contributed by atoms with Gasteiger partial charge in [0.1, 0.15) is 5.69 Å². The molecule has 0 aliphatic heterocycles. The number of fused-ring (bicyclic) bond motifs is 1. The third-order valence-corrected chi connectivity index (χ3v) is 5.20. The normalized spacial score (nSPS) is 14.4. The smallest absolute Gasteiger partial charge is 0.270 e.